The van der Waals surface area contributed by atoms with Crippen LogP contribution in [0.15, 0.2) is 24.3 Å². The van der Waals surface area contributed by atoms with Crippen molar-refractivity contribution in [2.45, 2.75) is 32.6 Å². The van der Waals surface area contributed by atoms with Crippen molar-refractivity contribution in [3.05, 3.63) is 24.3 Å². The molecule has 0 unspecified atom stereocenters. The maximum Gasteiger partial charge on any atom is -0.0144 e. The van der Waals surface area contributed by atoms with Gasteiger partial charge in [-0.05, 0) is 32.1 Å². The SMILES string of the molecule is C=C(C)C/C=C\C1CCC1. The van der Waals surface area contributed by atoms with E-state index in [0.29, 0.717) is 0 Å². The predicted octanol–water partition coefficient (Wildman–Crippen LogP) is 3.31. The summed E-state index contributed by atoms with van der Waals surface area (Å²) in [6.45, 7) is 5.92. The average molecular weight is 136 g/mol. The summed E-state index contributed by atoms with van der Waals surface area (Å²) in [5.41, 5.74) is 1.26. The molecule has 0 N–H and O–H groups in total. The Bertz CT molecular complexity index is 138. The van der Waals surface area contributed by atoms with Gasteiger partial charge in [-0.3, -0.25) is 0 Å². The van der Waals surface area contributed by atoms with Crippen LogP contribution in [0.25, 0.3) is 0 Å². The van der Waals surface area contributed by atoms with E-state index in [1.54, 1.807) is 0 Å². The Morgan fingerprint density at radius 3 is 2.70 bits per heavy atom. The van der Waals surface area contributed by atoms with Gasteiger partial charge >= 0.3 is 0 Å². The first-order valence-electron chi connectivity index (χ1n) is 4.10. The Hall–Kier alpha value is -0.520. The molecule has 1 aliphatic rings. The standard InChI is InChI=1S/C10H16/c1-9(2)5-3-6-10-7-4-8-10/h3,6,10H,1,4-5,7-8H2,2H3/b6-3-. The molecule has 0 nitrogen and oxygen atoms in total. The zero-order valence-corrected chi connectivity index (χ0v) is 6.77. The minimum Gasteiger partial charge on any atom is -0.0998 e. The molecule has 10 heavy (non-hydrogen) atoms. The number of hydrogen-bond acceptors (Lipinski definition) is 0. The van der Waals surface area contributed by atoms with E-state index < -0.39 is 0 Å². The molecule has 0 aromatic carbocycles. The van der Waals surface area contributed by atoms with E-state index in [4.69, 9.17) is 0 Å². The summed E-state index contributed by atoms with van der Waals surface area (Å²) in [7, 11) is 0. The summed E-state index contributed by atoms with van der Waals surface area (Å²) in [6, 6.07) is 0. The highest BCUT2D eigenvalue weighted by Crippen LogP contribution is 2.27. The van der Waals surface area contributed by atoms with Gasteiger partial charge in [0.15, 0.2) is 0 Å². The summed E-state index contributed by atoms with van der Waals surface area (Å²) in [4.78, 5) is 0. The predicted molar refractivity (Wildman–Crippen MR) is 45.9 cm³/mol. The number of hydrogen-bond donors (Lipinski definition) is 0. The fourth-order valence-electron chi connectivity index (χ4n) is 1.09. The second-order valence-corrected chi connectivity index (χ2v) is 3.28. The van der Waals surface area contributed by atoms with E-state index in [9.17, 15) is 0 Å². The van der Waals surface area contributed by atoms with E-state index in [-0.39, 0.29) is 0 Å². The molecule has 0 aromatic rings. The second kappa shape index (κ2) is 3.60. The lowest BCUT2D eigenvalue weighted by atomic mass is 9.85. The highest BCUT2D eigenvalue weighted by atomic mass is 14.2. The third kappa shape index (κ3) is 2.38. The maximum atomic E-state index is 3.84. The van der Waals surface area contributed by atoms with Crippen molar-refractivity contribution in [2.75, 3.05) is 0 Å². The Kier molecular flexibility index (Phi) is 2.73. The van der Waals surface area contributed by atoms with Crippen LogP contribution in [0.5, 0.6) is 0 Å². The molecule has 1 rings (SSSR count). The summed E-state index contributed by atoms with van der Waals surface area (Å²) in [5.74, 6) is 0.902. The molecule has 0 spiro atoms. The maximum absolute atomic E-state index is 3.84. The summed E-state index contributed by atoms with van der Waals surface area (Å²) < 4.78 is 0. The van der Waals surface area contributed by atoms with Crippen molar-refractivity contribution in [3.8, 4) is 0 Å². The van der Waals surface area contributed by atoms with Gasteiger partial charge in [-0.1, -0.05) is 30.7 Å². The lowest BCUT2D eigenvalue weighted by Crippen LogP contribution is -2.06. The van der Waals surface area contributed by atoms with Crippen LogP contribution in [0.4, 0.5) is 0 Å². The normalized spacial score (nSPS) is 19.3. The zero-order chi connectivity index (χ0) is 7.40. The van der Waals surface area contributed by atoms with Crippen LogP contribution in [0.1, 0.15) is 32.6 Å². The van der Waals surface area contributed by atoms with Crippen molar-refractivity contribution in [2.24, 2.45) is 5.92 Å². The molecule has 0 aliphatic heterocycles. The monoisotopic (exact) mass is 136 g/mol. The number of allylic oxidation sites excluding steroid dienone is 3. The molecule has 0 bridgehead atoms. The average Bonchev–Trinajstić information content (AvgIpc) is 1.75. The van der Waals surface area contributed by atoms with Gasteiger partial charge in [-0.25, -0.2) is 0 Å². The third-order valence-corrected chi connectivity index (χ3v) is 2.02. The first-order valence-corrected chi connectivity index (χ1v) is 4.10. The molecule has 0 saturated heterocycles. The molecule has 56 valence electrons. The van der Waals surface area contributed by atoms with Crippen LogP contribution in [-0.2, 0) is 0 Å². The van der Waals surface area contributed by atoms with Crippen molar-refractivity contribution in [1.29, 1.82) is 0 Å². The smallest absolute Gasteiger partial charge is 0.0144 e. The van der Waals surface area contributed by atoms with E-state index in [1.165, 1.54) is 24.8 Å². The molecule has 1 aliphatic carbocycles. The van der Waals surface area contributed by atoms with Crippen LogP contribution in [0.3, 0.4) is 0 Å². The largest absolute Gasteiger partial charge is 0.0998 e. The highest BCUT2D eigenvalue weighted by Gasteiger charge is 2.12. The van der Waals surface area contributed by atoms with E-state index in [0.717, 1.165) is 12.3 Å². The molecule has 0 atom stereocenters. The molecule has 0 aromatic heterocycles. The molecule has 0 heterocycles. The van der Waals surface area contributed by atoms with Gasteiger partial charge in [-0.15, -0.1) is 0 Å². The van der Waals surface area contributed by atoms with Crippen molar-refractivity contribution < 1.29 is 0 Å². The summed E-state index contributed by atoms with van der Waals surface area (Å²) >= 11 is 0. The first kappa shape index (κ1) is 7.59. The van der Waals surface area contributed by atoms with Crippen LogP contribution in [0, 0.1) is 5.92 Å². The highest BCUT2D eigenvalue weighted by molar-refractivity contribution is 5.01. The van der Waals surface area contributed by atoms with E-state index in [1.807, 2.05) is 0 Å². The van der Waals surface area contributed by atoms with Gasteiger partial charge in [0.05, 0.1) is 0 Å². The molecular formula is C10H16. The third-order valence-electron chi connectivity index (χ3n) is 2.02. The van der Waals surface area contributed by atoms with E-state index in [2.05, 4.69) is 25.7 Å². The Balaban J connectivity index is 2.10. The van der Waals surface area contributed by atoms with Gasteiger partial charge in [0.2, 0.25) is 0 Å². The van der Waals surface area contributed by atoms with Crippen LogP contribution in [-0.4, -0.2) is 0 Å². The summed E-state index contributed by atoms with van der Waals surface area (Å²) in [6.07, 6.45) is 9.92. The summed E-state index contributed by atoms with van der Waals surface area (Å²) in [5, 5.41) is 0. The molecule has 0 radical (unpaired) electrons. The topological polar surface area (TPSA) is 0 Å². The second-order valence-electron chi connectivity index (χ2n) is 3.28. The van der Waals surface area contributed by atoms with Crippen LogP contribution >= 0.6 is 0 Å². The molecule has 0 heteroatoms. The van der Waals surface area contributed by atoms with E-state index >= 15 is 0 Å². The number of rotatable bonds is 3. The first-order chi connectivity index (χ1) is 4.79. The minimum atomic E-state index is 0.902. The fraction of sp³-hybridized carbons (Fsp3) is 0.600. The van der Waals surface area contributed by atoms with Crippen molar-refractivity contribution in [3.63, 3.8) is 0 Å². The van der Waals surface area contributed by atoms with Gasteiger partial charge in [0.1, 0.15) is 0 Å². The molecule has 1 fully saturated rings. The molecule has 0 amide bonds. The minimum absolute atomic E-state index is 0.902. The van der Waals surface area contributed by atoms with Gasteiger partial charge in [-0.2, -0.15) is 0 Å². The van der Waals surface area contributed by atoms with Gasteiger partial charge in [0, 0.05) is 0 Å². The quantitative estimate of drug-likeness (QED) is 0.522. The fourth-order valence-corrected chi connectivity index (χ4v) is 1.09. The molecule has 1 saturated carbocycles. The van der Waals surface area contributed by atoms with Crippen molar-refractivity contribution in [1.82, 2.24) is 0 Å². The van der Waals surface area contributed by atoms with Crippen LogP contribution < -0.4 is 0 Å². The Morgan fingerprint density at radius 2 is 2.30 bits per heavy atom. The lowest BCUT2D eigenvalue weighted by Gasteiger charge is -2.21. The Morgan fingerprint density at radius 1 is 1.60 bits per heavy atom. The molecular weight excluding hydrogens is 120 g/mol. The van der Waals surface area contributed by atoms with Gasteiger partial charge < -0.3 is 0 Å². The zero-order valence-electron chi connectivity index (χ0n) is 6.77. The lowest BCUT2D eigenvalue weighted by molar-refractivity contribution is 0.387. The Labute approximate surface area is 63.6 Å². The van der Waals surface area contributed by atoms with Gasteiger partial charge in [0.25, 0.3) is 0 Å². The van der Waals surface area contributed by atoms with Crippen LogP contribution in [0.2, 0.25) is 0 Å². The van der Waals surface area contributed by atoms with Crippen molar-refractivity contribution >= 4 is 0 Å².